The summed E-state index contributed by atoms with van der Waals surface area (Å²) in [6.07, 6.45) is -5.12. The standard InChI is InChI=1S/C10H8ClF3O/c11-5-8-9(15-8)6-3-1-2-4-7(6)10(12,13)14/h1-4,8-9H,5H2. The van der Waals surface area contributed by atoms with Gasteiger partial charge < -0.3 is 4.74 Å². The predicted octanol–water partition coefficient (Wildman–Crippen LogP) is 3.38. The third-order valence-electron chi connectivity index (χ3n) is 2.31. The molecule has 1 aromatic rings. The first kappa shape index (κ1) is 10.8. The second-order valence-corrected chi connectivity index (χ2v) is 3.64. The fraction of sp³-hybridized carbons (Fsp3) is 0.400. The third-order valence-corrected chi connectivity index (χ3v) is 2.61. The molecule has 1 nitrogen and oxygen atoms in total. The van der Waals surface area contributed by atoms with Gasteiger partial charge in [0.05, 0.1) is 11.4 Å². The topological polar surface area (TPSA) is 12.5 Å². The quantitative estimate of drug-likeness (QED) is 0.567. The lowest BCUT2D eigenvalue weighted by Crippen LogP contribution is -2.09. The van der Waals surface area contributed by atoms with Crippen molar-refractivity contribution in [2.75, 3.05) is 5.88 Å². The third kappa shape index (κ3) is 2.11. The molecule has 0 bridgehead atoms. The van der Waals surface area contributed by atoms with Gasteiger partial charge in [0.15, 0.2) is 0 Å². The largest absolute Gasteiger partial charge is 0.416 e. The molecule has 0 aromatic heterocycles. The van der Waals surface area contributed by atoms with Gasteiger partial charge in [-0.2, -0.15) is 13.2 Å². The Bertz CT molecular complexity index is 364. The van der Waals surface area contributed by atoms with E-state index in [2.05, 4.69) is 0 Å². The summed E-state index contributed by atoms with van der Waals surface area (Å²) in [5.41, 5.74) is -0.460. The highest BCUT2D eigenvalue weighted by molar-refractivity contribution is 6.18. The molecule has 0 aliphatic carbocycles. The second-order valence-electron chi connectivity index (χ2n) is 3.33. The highest BCUT2D eigenvalue weighted by atomic mass is 35.5. The average Bonchev–Trinajstić information content (AvgIpc) is 2.95. The van der Waals surface area contributed by atoms with Crippen molar-refractivity contribution >= 4 is 11.6 Å². The minimum atomic E-state index is -4.33. The maximum Gasteiger partial charge on any atom is 0.416 e. The number of benzene rings is 1. The van der Waals surface area contributed by atoms with Crippen LogP contribution in [0.25, 0.3) is 0 Å². The Kier molecular flexibility index (Phi) is 2.64. The zero-order chi connectivity index (χ0) is 11.1. The van der Waals surface area contributed by atoms with Crippen molar-refractivity contribution in [2.45, 2.75) is 18.4 Å². The molecule has 1 saturated heterocycles. The number of hydrogen-bond donors (Lipinski definition) is 0. The summed E-state index contributed by atoms with van der Waals surface area (Å²) in [6, 6.07) is 5.42. The van der Waals surface area contributed by atoms with E-state index in [0.717, 1.165) is 6.07 Å². The molecule has 1 fully saturated rings. The predicted molar refractivity (Wildman–Crippen MR) is 49.8 cm³/mol. The lowest BCUT2D eigenvalue weighted by atomic mass is 10.0. The molecule has 1 aliphatic heterocycles. The average molecular weight is 237 g/mol. The summed E-state index contributed by atoms with van der Waals surface area (Å²) in [4.78, 5) is 0. The number of halogens is 4. The molecule has 1 aliphatic rings. The Labute approximate surface area is 89.8 Å². The molecule has 0 saturated carbocycles. The fourth-order valence-electron chi connectivity index (χ4n) is 1.54. The first-order chi connectivity index (χ1) is 7.04. The summed E-state index contributed by atoms with van der Waals surface area (Å²) >= 11 is 5.50. The molecule has 5 heteroatoms. The first-order valence-electron chi connectivity index (χ1n) is 4.41. The molecule has 0 amide bonds. The molecule has 2 rings (SSSR count). The van der Waals surface area contributed by atoms with Gasteiger partial charge in [0.25, 0.3) is 0 Å². The van der Waals surface area contributed by atoms with Gasteiger partial charge in [-0.05, 0) is 11.6 Å². The highest BCUT2D eigenvalue weighted by Gasteiger charge is 2.44. The van der Waals surface area contributed by atoms with E-state index in [1.807, 2.05) is 0 Å². The van der Waals surface area contributed by atoms with Gasteiger partial charge in [-0.25, -0.2) is 0 Å². The van der Waals surface area contributed by atoms with Gasteiger partial charge in [-0.1, -0.05) is 18.2 Å². The van der Waals surface area contributed by atoms with Crippen molar-refractivity contribution in [3.8, 4) is 0 Å². The Morgan fingerprint density at radius 2 is 1.93 bits per heavy atom. The van der Waals surface area contributed by atoms with E-state index in [9.17, 15) is 13.2 Å². The molecule has 1 aromatic carbocycles. The lowest BCUT2D eigenvalue weighted by Gasteiger charge is -2.10. The van der Waals surface area contributed by atoms with Crippen LogP contribution >= 0.6 is 11.6 Å². The van der Waals surface area contributed by atoms with Crippen LogP contribution in [0.1, 0.15) is 17.2 Å². The second kappa shape index (κ2) is 3.68. The zero-order valence-electron chi connectivity index (χ0n) is 7.59. The minimum Gasteiger partial charge on any atom is -0.363 e. The van der Waals surface area contributed by atoms with Crippen LogP contribution in [-0.4, -0.2) is 12.0 Å². The van der Waals surface area contributed by atoms with E-state index in [4.69, 9.17) is 16.3 Å². The van der Waals surface area contributed by atoms with Crippen LogP contribution in [0.15, 0.2) is 24.3 Å². The molecule has 0 radical (unpaired) electrons. The van der Waals surface area contributed by atoms with Crippen LogP contribution in [0.5, 0.6) is 0 Å². The van der Waals surface area contributed by atoms with Gasteiger partial charge in [-0.15, -0.1) is 11.6 Å². The van der Waals surface area contributed by atoms with E-state index in [0.29, 0.717) is 0 Å². The monoisotopic (exact) mass is 236 g/mol. The molecule has 0 N–H and O–H groups in total. The molecule has 0 spiro atoms. The van der Waals surface area contributed by atoms with Gasteiger partial charge >= 0.3 is 6.18 Å². The van der Waals surface area contributed by atoms with Crippen LogP contribution < -0.4 is 0 Å². The number of ether oxygens (including phenoxy) is 1. The number of hydrogen-bond acceptors (Lipinski definition) is 1. The first-order valence-corrected chi connectivity index (χ1v) is 4.95. The Hall–Kier alpha value is -0.740. The van der Waals surface area contributed by atoms with Crippen molar-refractivity contribution < 1.29 is 17.9 Å². The van der Waals surface area contributed by atoms with Crippen LogP contribution in [0.2, 0.25) is 0 Å². The summed E-state index contributed by atoms with van der Waals surface area (Å²) in [6.45, 7) is 0. The normalized spacial score (nSPS) is 25.3. The van der Waals surface area contributed by atoms with E-state index in [-0.39, 0.29) is 17.5 Å². The Morgan fingerprint density at radius 3 is 2.47 bits per heavy atom. The van der Waals surface area contributed by atoms with Gasteiger partial charge in [0, 0.05) is 0 Å². The summed E-state index contributed by atoms with van der Waals surface area (Å²) in [5.74, 6) is 0.219. The lowest BCUT2D eigenvalue weighted by molar-refractivity contribution is -0.138. The van der Waals surface area contributed by atoms with E-state index in [1.54, 1.807) is 6.07 Å². The van der Waals surface area contributed by atoms with Crippen molar-refractivity contribution in [1.82, 2.24) is 0 Å². The van der Waals surface area contributed by atoms with Crippen molar-refractivity contribution in [3.05, 3.63) is 35.4 Å². The molecular weight excluding hydrogens is 229 g/mol. The molecule has 15 heavy (non-hydrogen) atoms. The SMILES string of the molecule is FC(F)(F)c1ccccc1C1OC1CCl. The van der Waals surface area contributed by atoms with Crippen LogP contribution in [-0.2, 0) is 10.9 Å². The minimum absolute atomic E-state index is 0.177. The summed E-state index contributed by atoms with van der Waals surface area (Å²) in [5, 5.41) is 0. The van der Waals surface area contributed by atoms with Crippen molar-refractivity contribution in [3.63, 3.8) is 0 Å². The molecule has 1 heterocycles. The smallest absolute Gasteiger partial charge is 0.363 e. The van der Waals surface area contributed by atoms with E-state index in [1.165, 1.54) is 12.1 Å². The number of alkyl halides is 4. The van der Waals surface area contributed by atoms with Crippen molar-refractivity contribution in [2.24, 2.45) is 0 Å². The summed E-state index contributed by atoms with van der Waals surface area (Å²) in [7, 11) is 0. The van der Waals surface area contributed by atoms with Gasteiger partial charge in [0.1, 0.15) is 12.2 Å². The molecule has 82 valence electrons. The maximum absolute atomic E-state index is 12.6. The maximum atomic E-state index is 12.6. The Balaban J connectivity index is 2.32. The van der Waals surface area contributed by atoms with Gasteiger partial charge in [0.2, 0.25) is 0 Å². The zero-order valence-corrected chi connectivity index (χ0v) is 8.35. The molecule has 2 unspecified atom stereocenters. The number of epoxide rings is 1. The molecular formula is C10H8ClF3O. The van der Waals surface area contributed by atoms with Crippen molar-refractivity contribution in [1.29, 1.82) is 0 Å². The van der Waals surface area contributed by atoms with E-state index >= 15 is 0 Å². The highest BCUT2D eigenvalue weighted by Crippen LogP contribution is 2.44. The Morgan fingerprint density at radius 1 is 1.27 bits per heavy atom. The molecule has 2 atom stereocenters. The van der Waals surface area contributed by atoms with E-state index < -0.39 is 17.8 Å². The van der Waals surface area contributed by atoms with Crippen LogP contribution in [0, 0.1) is 0 Å². The summed E-state index contributed by atoms with van der Waals surface area (Å²) < 4.78 is 42.8. The van der Waals surface area contributed by atoms with Gasteiger partial charge in [-0.3, -0.25) is 0 Å². The number of rotatable bonds is 2. The fourth-order valence-corrected chi connectivity index (χ4v) is 1.77. The van der Waals surface area contributed by atoms with Crippen LogP contribution in [0.3, 0.4) is 0 Å². The van der Waals surface area contributed by atoms with Crippen LogP contribution in [0.4, 0.5) is 13.2 Å².